The molecule has 0 bridgehead atoms. The predicted molar refractivity (Wildman–Crippen MR) is 148 cm³/mol. The summed E-state index contributed by atoms with van der Waals surface area (Å²) in [5, 5.41) is 13.2. The zero-order valence-corrected chi connectivity index (χ0v) is 21.8. The van der Waals surface area contributed by atoms with Gasteiger partial charge in [0.15, 0.2) is 17.5 Å². The van der Waals surface area contributed by atoms with E-state index >= 15 is 0 Å². The number of halogens is 2. The van der Waals surface area contributed by atoms with Crippen LogP contribution in [0.4, 0.5) is 26.1 Å². The van der Waals surface area contributed by atoms with Crippen LogP contribution < -0.4 is 15.4 Å². The fourth-order valence-electron chi connectivity index (χ4n) is 4.82. The van der Waals surface area contributed by atoms with Gasteiger partial charge in [-0.1, -0.05) is 25.3 Å². The van der Waals surface area contributed by atoms with Crippen LogP contribution in [0.15, 0.2) is 48.8 Å². The second-order valence-electron chi connectivity index (χ2n) is 9.59. The average molecular weight is 546 g/mol. The second-order valence-corrected chi connectivity index (χ2v) is 9.59. The van der Waals surface area contributed by atoms with Crippen molar-refractivity contribution in [1.29, 1.82) is 0 Å². The van der Waals surface area contributed by atoms with E-state index in [-0.39, 0.29) is 12.1 Å². The van der Waals surface area contributed by atoms with Gasteiger partial charge < -0.3 is 20.3 Å². The van der Waals surface area contributed by atoms with Gasteiger partial charge in [0.05, 0.1) is 24.2 Å². The molecule has 206 valence electrons. The molecular weight excluding hydrogens is 516 g/mol. The van der Waals surface area contributed by atoms with E-state index in [1.54, 1.807) is 6.07 Å². The lowest BCUT2D eigenvalue weighted by Gasteiger charge is -2.24. The highest BCUT2D eigenvalue weighted by atomic mass is 19.2. The molecule has 1 fully saturated rings. The molecule has 1 saturated carbocycles. The first-order valence-electron chi connectivity index (χ1n) is 13.2. The molecule has 0 saturated heterocycles. The predicted octanol–water partition coefficient (Wildman–Crippen LogP) is 5.16. The second kappa shape index (κ2) is 12.4. The summed E-state index contributed by atoms with van der Waals surface area (Å²) in [6, 6.07) is 14.1. The van der Waals surface area contributed by atoms with Crippen molar-refractivity contribution in [3.05, 3.63) is 66.1 Å². The van der Waals surface area contributed by atoms with Crippen molar-refractivity contribution in [2.24, 2.45) is 0 Å². The fourth-order valence-corrected chi connectivity index (χ4v) is 4.82. The van der Waals surface area contributed by atoms with Crippen molar-refractivity contribution < 1.29 is 18.3 Å². The summed E-state index contributed by atoms with van der Waals surface area (Å²) in [7, 11) is 0. The number of rotatable bonds is 11. The van der Waals surface area contributed by atoms with Gasteiger partial charge in [-0.2, -0.15) is 5.10 Å². The van der Waals surface area contributed by atoms with Crippen LogP contribution in [0.1, 0.15) is 37.8 Å². The van der Waals surface area contributed by atoms with Crippen LogP contribution in [-0.4, -0.2) is 50.2 Å². The third-order valence-corrected chi connectivity index (χ3v) is 6.81. The number of aromatic amines is 1. The topological polar surface area (TPSA) is 108 Å². The molecule has 2 heterocycles. The minimum atomic E-state index is -1.11. The zero-order valence-electron chi connectivity index (χ0n) is 21.8. The number of nitrogens with one attached hydrogen (secondary N) is 3. The molecule has 1 aliphatic rings. The van der Waals surface area contributed by atoms with Gasteiger partial charge in [-0.3, -0.25) is 9.89 Å². The van der Waals surface area contributed by atoms with Crippen molar-refractivity contribution in [1.82, 2.24) is 25.1 Å². The van der Waals surface area contributed by atoms with Gasteiger partial charge in [-0.05, 0) is 43.5 Å². The van der Waals surface area contributed by atoms with E-state index in [2.05, 4.69) is 41.7 Å². The Hall–Kier alpha value is -4.72. The number of benzene rings is 2. The molecule has 0 radical (unpaired) electrons. The summed E-state index contributed by atoms with van der Waals surface area (Å²) < 4.78 is 33.2. The minimum Gasteiger partial charge on any atom is -0.493 e. The van der Waals surface area contributed by atoms with Crippen molar-refractivity contribution in [3.8, 4) is 18.2 Å². The highest BCUT2D eigenvalue weighted by Gasteiger charge is 2.20. The van der Waals surface area contributed by atoms with Gasteiger partial charge in [-0.15, -0.1) is 0 Å². The van der Waals surface area contributed by atoms with Crippen LogP contribution in [0.5, 0.6) is 5.75 Å². The normalized spacial score (nSPS) is 13.2. The van der Waals surface area contributed by atoms with E-state index < -0.39 is 17.5 Å². The Morgan fingerprint density at radius 2 is 2.02 bits per heavy atom. The molecule has 3 N–H and O–H groups in total. The molecule has 40 heavy (non-hydrogen) atoms. The number of hydrogen-bond donors (Lipinski definition) is 3. The van der Waals surface area contributed by atoms with E-state index in [0.717, 1.165) is 24.4 Å². The van der Waals surface area contributed by atoms with Gasteiger partial charge in [-0.25, -0.2) is 18.7 Å². The van der Waals surface area contributed by atoms with Crippen molar-refractivity contribution >= 4 is 34.1 Å². The maximum absolute atomic E-state index is 13.8. The fraction of sp³-hybridized carbons (Fsp3) is 0.310. The van der Waals surface area contributed by atoms with Crippen LogP contribution >= 0.6 is 0 Å². The highest BCUT2D eigenvalue weighted by Crippen LogP contribution is 2.27. The monoisotopic (exact) mass is 545 g/mol. The molecule has 0 aliphatic heterocycles. The van der Waals surface area contributed by atoms with Gasteiger partial charge in [0, 0.05) is 41.8 Å². The Kier molecular flexibility index (Phi) is 8.35. The van der Waals surface area contributed by atoms with Crippen molar-refractivity contribution in [2.75, 3.05) is 23.8 Å². The first-order chi connectivity index (χ1) is 19.5. The lowest BCUT2D eigenvalue weighted by Crippen LogP contribution is -2.30. The number of carbonyl (C=O) groups is 1. The molecule has 0 unspecified atom stereocenters. The smallest absolute Gasteiger partial charge is 0.230 e. The summed E-state index contributed by atoms with van der Waals surface area (Å²) in [5.74, 6) is -1.00. The van der Waals surface area contributed by atoms with E-state index in [1.807, 2.05) is 18.2 Å². The Labute approximate surface area is 230 Å². The van der Waals surface area contributed by atoms with Crippen LogP contribution in [0.3, 0.4) is 0 Å². The van der Waals surface area contributed by atoms with Gasteiger partial charge in [0.1, 0.15) is 17.9 Å². The molecule has 0 atom stereocenters. The standard InChI is InChI=1S/C29H29F2N7O2/c1-2-38(20-7-3-4-8-20)13-6-14-40-21-11-12-22-25(17-21)32-18-33-29(22)35-26-15-19(36-37-26)16-27(39)34-24-10-5-9-23(30)28(24)31/h1,5,9-12,15,17-18,20H,3-4,6-8,13-14,16H2,(H,34,39)(H2,32,33,35,36,37). The largest absolute Gasteiger partial charge is 0.493 e. The summed E-state index contributed by atoms with van der Waals surface area (Å²) in [6.45, 7) is 1.35. The quantitative estimate of drug-likeness (QED) is 0.136. The van der Waals surface area contributed by atoms with Crippen molar-refractivity contribution in [2.45, 2.75) is 44.6 Å². The van der Waals surface area contributed by atoms with E-state index in [4.69, 9.17) is 11.2 Å². The Balaban J connectivity index is 1.16. The van der Waals surface area contributed by atoms with E-state index in [0.29, 0.717) is 41.2 Å². The highest BCUT2D eigenvalue weighted by molar-refractivity contribution is 5.93. The van der Waals surface area contributed by atoms with E-state index in [9.17, 15) is 13.6 Å². The maximum atomic E-state index is 13.8. The van der Waals surface area contributed by atoms with Crippen LogP contribution in [0.2, 0.25) is 0 Å². The molecule has 5 rings (SSSR count). The third kappa shape index (κ3) is 6.46. The Bertz CT molecular complexity index is 1530. The van der Waals surface area contributed by atoms with Gasteiger partial charge in [0.2, 0.25) is 5.91 Å². The Morgan fingerprint density at radius 1 is 1.18 bits per heavy atom. The molecule has 2 aromatic carbocycles. The molecule has 11 heteroatoms. The number of hydrogen-bond acceptors (Lipinski definition) is 7. The Morgan fingerprint density at radius 3 is 2.85 bits per heavy atom. The van der Waals surface area contributed by atoms with Crippen LogP contribution in [0.25, 0.3) is 10.9 Å². The molecule has 2 aromatic heterocycles. The van der Waals surface area contributed by atoms with Crippen LogP contribution in [-0.2, 0) is 11.2 Å². The van der Waals surface area contributed by atoms with Gasteiger partial charge in [0.25, 0.3) is 0 Å². The maximum Gasteiger partial charge on any atom is 0.230 e. The number of anilines is 3. The molecule has 4 aromatic rings. The number of terminal acetylenes is 1. The molecular formula is C29H29F2N7O2. The summed E-state index contributed by atoms with van der Waals surface area (Å²) in [5.41, 5.74) is 0.943. The molecule has 1 amide bonds. The van der Waals surface area contributed by atoms with Crippen LogP contribution in [0, 0.1) is 24.1 Å². The summed E-state index contributed by atoms with van der Waals surface area (Å²) >= 11 is 0. The number of amides is 1. The average Bonchev–Trinajstić information content (AvgIpc) is 3.64. The third-order valence-electron chi connectivity index (χ3n) is 6.81. The minimum absolute atomic E-state index is 0.115. The molecule has 9 nitrogen and oxygen atoms in total. The number of ether oxygens (including phenoxy) is 1. The number of aromatic nitrogens is 4. The number of carbonyl (C=O) groups excluding carboxylic acids is 1. The zero-order chi connectivity index (χ0) is 27.9. The lowest BCUT2D eigenvalue weighted by atomic mass is 10.2. The first-order valence-corrected chi connectivity index (χ1v) is 13.2. The number of H-pyrrole nitrogens is 1. The van der Waals surface area contributed by atoms with Gasteiger partial charge >= 0.3 is 0 Å². The first kappa shape index (κ1) is 26.9. The van der Waals surface area contributed by atoms with E-state index in [1.165, 1.54) is 44.1 Å². The number of nitrogens with zero attached hydrogens (tertiary/aromatic N) is 4. The summed E-state index contributed by atoms with van der Waals surface area (Å²) in [4.78, 5) is 23.1. The molecule has 1 aliphatic carbocycles. The van der Waals surface area contributed by atoms with Crippen molar-refractivity contribution in [3.63, 3.8) is 0 Å². The SMILES string of the molecule is C#CN(CCCOc1ccc2c(Nc3cc(CC(=O)Nc4cccc(F)c4F)[nH]n3)ncnc2c1)C1CCCC1. The molecule has 0 spiro atoms. The summed E-state index contributed by atoms with van der Waals surface area (Å²) in [6.07, 6.45) is 12.7. The number of fused-ring (bicyclic) bond motifs is 1. The lowest BCUT2D eigenvalue weighted by molar-refractivity contribution is -0.115.